The van der Waals surface area contributed by atoms with Crippen LogP contribution in [0.15, 0.2) is 52.7 Å². The number of anilines is 2. The van der Waals surface area contributed by atoms with Crippen molar-refractivity contribution in [1.82, 2.24) is 9.97 Å². The molecule has 0 fully saturated rings. The lowest BCUT2D eigenvalue weighted by Crippen LogP contribution is -2.13. The number of halogens is 1. The zero-order valence-corrected chi connectivity index (χ0v) is 18.7. The number of nitrogens with one attached hydrogen (secondary N) is 2. The van der Waals surface area contributed by atoms with Gasteiger partial charge >= 0.3 is 0 Å². The Morgan fingerprint density at radius 2 is 1.87 bits per heavy atom. The van der Waals surface area contributed by atoms with Crippen molar-refractivity contribution in [2.24, 2.45) is 0 Å². The van der Waals surface area contributed by atoms with E-state index in [1.54, 1.807) is 5.38 Å². The molecule has 0 aliphatic heterocycles. The first kappa shape index (κ1) is 21.3. The first-order valence-electron chi connectivity index (χ1n) is 9.18. The van der Waals surface area contributed by atoms with Gasteiger partial charge in [-0.25, -0.2) is 22.8 Å². The normalized spacial score (nSPS) is 11.5. The predicted octanol–water partition coefficient (Wildman–Crippen LogP) is 4.57. The topological polar surface area (TPSA) is 101 Å². The molecule has 2 aromatic carbocycles. The minimum atomic E-state index is -3.86. The number of hydrogen-bond acceptors (Lipinski definition) is 7. The van der Waals surface area contributed by atoms with Crippen LogP contribution in [-0.2, 0) is 21.2 Å². The molecule has 4 rings (SSSR count). The van der Waals surface area contributed by atoms with Crippen LogP contribution >= 0.6 is 22.7 Å². The van der Waals surface area contributed by atoms with E-state index in [0.29, 0.717) is 17.2 Å². The van der Waals surface area contributed by atoms with E-state index in [9.17, 15) is 17.6 Å². The van der Waals surface area contributed by atoms with E-state index in [2.05, 4.69) is 20.0 Å². The number of aromatic nitrogens is 2. The van der Waals surface area contributed by atoms with Gasteiger partial charge in [0, 0.05) is 11.8 Å². The van der Waals surface area contributed by atoms with E-state index in [-0.39, 0.29) is 22.4 Å². The third kappa shape index (κ3) is 5.24. The number of fused-ring (bicyclic) bond motifs is 1. The number of benzene rings is 2. The number of hydrogen-bond donors (Lipinski definition) is 2. The van der Waals surface area contributed by atoms with E-state index in [1.807, 2.05) is 25.1 Å². The average Bonchev–Trinajstić information content (AvgIpc) is 3.32. The summed E-state index contributed by atoms with van der Waals surface area (Å²) in [7, 11) is -3.86. The summed E-state index contributed by atoms with van der Waals surface area (Å²) < 4.78 is 41.1. The molecule has 0 radical (unpaired) electrons. The second-order valence-corrected chi connectivity index (χ2v) is 10.3. The molecule has 160 valence electrons. The Bertz CT molecular complexity index is 1350. The summed E-state index contributed by atoms with van der Waals surface area (Å²) in [6.45, 7) is 2.00. The molecule has 7 nitrogen and oxygen atoms in total. The van der Waals surface area contributed by atoms with Gasteiger partial charge in [0.25, 0.3) is 10.0 Å². The molecule has 0 atom stereocenters. The quantitative estimate of drug-likeness (QED) is 0.407. The van der Waals surface area contributed by atoms with Crippen LogP contribution in [0.2, 0.25) is 0 Å². The van der Waals surface area contributed by atoms with Crippen molar-refractivity contribution in [2.45, 2.75) is 24.7 Å². The van der Waals surface area contributed by atoms with Crippen LogP contribution in [0.5, 0.6) is 0 Å². The Kier molecular flexibility index (Phi) is 5.99. The van der Waals surface area contributed by atoms with Crippen molar-refractivity contribution in [2.75, 3.05) is 10.0 Å². The standard InChI is InChI=1S/C20H17FN4O3S3/c1-12-2-8-16-17(10-12)30-19(23-16)24-18(26)9-5-14-11-29-20(22-14)25-31(27,28)15-6-3-13(21)4-7-15/h2-4,6-8,10-11H,5,9H2,1H3,(H,22,25)(H,23,24,26). The highest BCUT2D eigenvalue weighted by Crippen LogP contribution is 2.27. The molecule has 2 N–H and O–H groups in total. The fourth-order valence-electron chi connectivity index (χ4n) is 2.76. The second kappa shape index (κ2) is 8.69. The summed E-state index contributed by atoms with van der Waals surface area (Å²) in [6, 6.07) is 10.4. The van der Waals surface area contributed by atoms with Gasteiger partial charge in [0.15, 0.2) is 10.3 Å². The maximum atomic E-state index is 13.0. The molecular formula is C20H17FN4O3S3. The van der Waals surface area contributed by atoms with E-state index in [1.165, 1.54) is 23.5 Å². The zero-order chi connectivity index (χ0) is 22.0. The van der Waals surface area contributed by atoms with Gasteiger partial charge in [-0.2, -0.15) is 0 Å². The Morgan fingerprint density at radius 3 is 2.65 bits per heavy atom. The second-order valence-electron chi connectivity index (χ2n) is 6.74. The molecule has 11 heteroatoms. The van der Waals surface area contributed by atoms with Crippen LogP contribution in [0.3, 0.4) is 0 Å². The largest absolute Gasteiger partial charge is 0.302 e. The Balaban J connectivity index is 1.34. The van der Waals surface area contributed by atoms with Crippen LogP contribution in [-0.4, -0.2) is 24.3 Å². The molecule has 0 unspecified atom stereocenters. The summed E-state index contributed by atoms with van der Waals surface area (Å²) >= 11 is 2.53. The maximum Gasteiger partial charge on any atom is 0.263 e. The van der Waals surface area contributed by atoms with Crippen molar-refractivity contribution in [3.8, 4) is 0 Å². The Labute approximate surface area is 186 Å². The van der Waals surface area contributed by atoms with Gasteiger partial charge in [0.2, 0.25) is 5.91 Å². The fraction of sp³-hybridized carbons (Fsp3) is 0.150. The van der Waals surface area contributed by atoms with Gasteiger partial charge < -0.3 is 5.32 Å². The predicted molar refractivity (Wildman–Crippen MR) is 121 cm³/mol. The molecule has 1 amide bonds. The van der Waals surface area contributed by atoms with Gasteiger partial charge in [-0.15, -0.1) is 11.3 Å². The van der Waals surface area contributed by atoms with Crippen molar-refractivity contribution < 1.29 is 17.6 Å². The molecule has 0 bridgehead atoms. The number of rotatable bonds is 7. The van der Waals surface area contributed by atoms with Crippen LogP contribution in [0.1, 0.15) is 17.7 Å². The van der Waals surface area contributed by atoms with Gasteiger partial charge in [0.1, 0.15) is 5.82 Å². The van der Waals surface area contributed by atoms with E-state index in [4.69, 9.17) is 0 Å². The molecule has 4 aromatic rings. The third-order valence-electron chi connectivity index (χ3n) is 4.30. The molecular weight excluding hydrogens is 459 g/mol. The zero-order valence-electron chi connectivity index (χ0n) is 16.3. The molecule has 31 heavy (non-hydrogen) atoms. The van der Waals surface area contributed by atoms with Crippen molar-refractivity contribution >= 4 is 59.1 Å². The van der Waals surface area contributed by atoms with Crippen molar-refractivity contribution in [3.63, 3.8) is 0 Å². The van der Waals surface area contributed by atoms with Crippen LogP contribution < -0.4 is 10.0 Å². The van der Waals surface area contributed by atoms with E-state index in [0.717, 1.165) is 39.2 Å². The summed E-state index contributed by atoms with van der Waals surface area (Å²) in [5.41, 5.74) is 2.56. The summed E-state index contributed by atoms with van der Waals surface area (Å²) in [6.07, 6.45) is 0.535. The molecule has 0 spiro atoms. The van der Waals surface area contributed by atoms with Crippen molar-refractivity contribution in [3.05, 3.63) is 64.9 Å². The van der Waals surface area contributed by atoms with Gasteiger partial charge in [0.05, 0.1) is 20.8 Å². The van der Waals surface area contributed by atoms with Crippen LogP contribution in [0, 0.1) is 12.7 Å². The van der Waals surface area contributed by atoms with Crippen LogP contribution in [0.4, 0.5) is 14.7 Å². The van der Waals surface area contributed by atoms with Gasteiger partial charge in [-0.1, -0.05) is 17.4 Å². The number of nitrogens with zero attached hydrogens (tertiary/aromatic N) is 2. The number of thiazole rings is 2. The molecule has 2 aromatic heterocycles. The maximum absolute atomic E-state index is 13.0. The van der Waals surface area contributed by atoms with E-state index < -0.39 is 15.8 Å². The molecule has 0 saturated carbocycles. The molecule has 0 aliphatic rings. The monoisotopic (exact) mass is 476 g/mol. The molecule has 2 heterocycles. The minimum absolute atomic E-state index is 0.0592. The van der Waals surface area contributed by atoms with Gasteiger partial charge in [-0.3, -0.25) is 9.52 Å². The summed E-state index contributed by atoms with van der Waals surface area (Å²) in [4.78, 5) is 20.8. The first-order chi connectivity index (χ1) is 14.8. The Morgan fingerprint density at radius 1 is 1.10 bits per heavy atom. The summed E-state index contributed by atoms with van der Waals surface area (Å²) in [5.74, 6) is -0.716. The van der Waals surface area contributed by atoms with Gasteiger partial charge in [-0.05, 0) is 55.3 Å². The Hall–Kier alpha value is -2.89. The fourth-order valence-corrected chi connectivity index (χ4v) is 5.74. The number of sulfonamides is 1. The average molecular weight is 477 g/mol. The van der Waals surface area contributed by atoms with Crippen LogP contribution in [0.25, 0.3) is 10.2 Å². The minimum Gasteiger partial charge on any atom is -0.302 e. The lowest BCUT2D eigenvalue weighted by molar-refractivity contribution is -0.116. The highest BCUT2D eigenvalue weighted by Gasteiger charge is 2.17. The highest BCUT2D eigenvalue weighted by molar-refractivity contribution is 7.93. The SMILES string of the molecule is Cc1ccc2nc(NC(=O)CCc3csc(NS(=O)(=O)c4ccc(F)cc4)n3)sc2c1. The van der Waals surface area contributed by atoms with Crippen molar-refractivity contribution in [1.29, 1.82) is 0 Å². The highest BCUT2D eigenvalue weighted by atomic mass is 32.2. The molecule has 0 saturated heterocycles. The van der Waals surface area contributed by atoms with E-state index >= 15 is 0 Å². The smallest absolute Gasteiger partial charge is 0.263 e. The number of aryl methyl sites for hydroxylation is 2. The summed E-state index contributed by atoms with van der Waals surface area (Å²) in [5, 5.41) is 5.21. The lowest BCUT2D eigenvalue weighted by Gasteiger charge is -2.04. The molecule has 0 aliphatic carbocycles. The third-order valence-corrected chi connectivity index (χ3v) is 7.52. The number of carbonyl (C=O) groups excluding carboxylic acids is 1. The number of carbonyl (C=O) groups is 1. The lowest BCUT2D eigenvalue weighted by atomic mass is 10.2. The first-order valence-corrected chi connectivity index (χ1v) is 12.4. The number of amides is 1.